The second kappa shape index (κ2) is 5.74. The van der Waals surface area contributed by atoms with Crippen LogP contribution in [-0.2, 0) is 11.3 Å². The van der Waals surface area contributed by atoms with Crippen LogP contribution in [0.4, 0.5) is 25.0 Å². The van der Waals surface area contributed by atoms with Crippen molar-refractivity contribution in [3.63, 3.8) is 0 Å². The summed E-state index contributed by atoms with van der Waals surface area (Å²) in [4.78, 5) is 11.8. The highest BCUT2D eigenvalue weighted by Crippen LogP contribution is 2.17. The van der Waals surface area contributed by atoms with E-state index in [1.807, 2.05) is 0 Å². The minimum Gasteiger partial charge on any atom is -0.423 e. The maximum absolute atomic E-state index is 13.4. The first-order valence-electron chi connectivity index (χ1n) is 6.48. The van der Waals surface area contributed by atoms with Gasteiger partial charge in [-0.2, -0.15) is 0 Å². The molecule has 3 rings (SSSR count). The minimum atomic E-state index is -1.03. The van der Waals surface area contributed by atoms with Crippen molar-refractivity contribution in [3.8, 4) is 0 Å². The fourth-order valence-electron chi connectivity index (χ4n) is 2.17. The van der Waals surface area contributed by atoms with Crippen LogP contribution >= 0.6 is 0 Å². The van der Waals surface area contributed by atoms with E-state index in [1.54, 1.807) is 18.2 Å². The van der Waals surface area contributed by atoms with E-state index in [1.165, 1.54) is 0 Å². The Hall–Kier alpha value is -2.45. The number of amides is 2. The molecule has 0 aromatic heterocycles. The molecule has 1 heterocycles. The summed E-state index contributed by atoms with van der Waals surface area (Å²) in [6, 6.07) is 6.95. The van der Waals surface area contributed by atoms with Crippen LogP contribution in [0.25, 0.3) is 0 Å². The lowest BCUT2D eigenvalue weighted by Crippen LogP contribution is -2.29. The molecule has 0 radical (unpaired) electrons. The second-order valence-corrected chi connectivity index (χ2v) is 4.78. The summed E-state index contributed by atoms with van der Waals surface area (Å²) in [5.41, 5.74) is 1.53. The zero-order valence-corrected chi connectivity index (χ0v) is 11.3. The van der Waals surface area contributed by atoms with E-state index in [4.69, 9.17) is 4.65 Å². The summed E-state index contributed by atoms with van der Waals surface area (Å²) in [7, 11) is -1.03. The summed E-state index contributed by atoms with van der Waals surface area (Å²) in [5, 5.41) is 14.3. The molecule has 1 aliphatic rings. The van der Waals surface area contributed by atoms with Crippen molar-refractivity contribution in [2.45, 2.75) is 6.61 Å². The topological polar surface area (TPSA) is 70.6 Å². The van der Waals surface area contributed by atoms with Gasteiger partial charge in [-0.05, 0) is 35.3 Å². The number of halogens is 2. The lowest BCUT2D eigenvalue weighted by molar-refractivity contribution is 0.262. The molecule has 2 aromatic carbocycles. The van der Waals surface area contributed by atoms with Crippen LogP contribution in [0, 0.1) is 11.6 Å². The van der Waals surface area contributed by atoms with Crippen molar-refractivity contribution in [3.05, 3.63) is 53.6 Å². The van der Waals surface area contributed by atoms with E-state index in [-0.39, 0.29) is 5.69 Å². The molecule has 2 amide bonds. The SMILES string of the molecule is O=C(Nc1ccc2c(c1)B(O)OC2)Nc1cc(F)ccc1F. The van der Waals surface area contributed by atoms with Crippen molar-refractivity contribution in [2.24, 2.45) is 0 Å². The van der Waals surface area contributed by atoms with E-state index in [2.05, 4.69) is 10.6 Å². The minimum absolute atomic E-state index is 0.262. The lowest BCUT2D eigenvalue weighted by Gasteiger charge is -2.09. The summed E-state index contributed by atoms with van der Waals surface area (Å²) in [5.74, 6) is -1.40. The number of hydrogen-bond donors (Lipinski definition) is 3. The summed E-state index contributed by atoms with van der Waals surface area (Å²) in [6.07, 6.45) is 0. The number of carbonyl (C=O) groups is 1. The van der Waals surface area contributed by atoms with E-state index in [0.29, 0.717) is 17.8 Å². The number of anilines is 2. The number of benzene rings is 2. The molecule has 22 heavy (non-hydrogen) atoms. The van der Waals surface area contributed by atoms with Gasteiger partial charge < -0.3 is 20.3 Å². The number of rotatable bonds is 2. The van der Waals surface area contributed by atoms with Crippen LogP contribution < -0.4 is 16.1 Å². The van der Waals surface area contributed by atoms with E-state index in [9.17, 15) is 18.6 Å². The van der Waals surface area contributed by atoms with Gasteiger partial charge in [0.15, 0.2) is 0 Å². The second-order valence-electron chi connectivity index (χ2n) is 4.78. The number of nitrogens with one attached hydrogen (secondary N) is 2. The van der Waals surface area contributed by atoms with Gasteiger partial charge in [-0.25, -0.2) is 13.6 Å². The van der Waals surface area contributed by atoms with Crippen molar-refractivity contribution in [1.29, 1.82) is 0 Å². The predicted molar refractivity (Wildman–Crippen MR) is 77.8 cm³/mol. The third kappa shape index (κ3) is 2.93. The summed E-state index contributed by atoms with van der Waals surface area (Å²) in [6.45, 7) is 0.303. The molecule has 3 N–H and O–H groups in total. The summed E-state index contributed by atoms with van der Waals surface area (Å²) >= 11 is 0. The van der Waals surface area contributed by atoms with Gasteiger partial charge in [0, 0.05) is 11.8 Å². The van der Waals surface area contributed by atoms with Crippen molar-refractivity contribution in [2.75, 3.05) is 10.6 Å². The molecule has 0 saturated carbocycles. The highest BCUT2D eigenvalue weighted by atomic mass is 19.1. The quantitative estimate of drug-likeness (QED) is 0.741. The Bertz CT molecular complexity index is 742. The maximum Gasteiger partial charge on any atom is 0.491 e. The Balaban J connectivity index is 1.72. The maximum atomic E-state index is 13.4. The first-order valence-corrected chi connectivity index (χ1v) is 6.48. The molecule has 0 bridgehead atoms. The zero-order chi connectivity index (χ0) is 15.7. The number of carbonyl (C=O) groups excluding carboxylic acids is 1. The van der Waals surface area contributed by atoms with E-state index in [0.717, 1.165) is 23.8 Å². The van der Waals surface area contributed by atoms with Crippen LogP contribution in [0.1, 0.15) is 5.56 Å². The third-order valence-electron chi connectivity index (χ3n) is 3.24. The molecule has 1 aliphatic heterocycles. The molecule has 0 aliphatic carbocycles. The molecular weight excluding hydrogens is 293 g/mol. The fourth-order valence-corrected chi connectivity index (χ4v) is 2.17. The van der Waals surface area contributed by atoms with Crippen LogP contribution in [0.2, 0.25) is 0 Å². The molecule has 5 nitrogen and oxygen atoms in total. The highest BCUT2D eigenvalue weighted by molar-refractivity contribution is 6.61. The monoisotopic (exact) mass is 304 g/mol. The third-order valence-corrected chi connectivity index (χ3v) is 3.24. The molecule has 0 fully saturated rings. The Labute approximate surface area is 125 Å². The largest absolute Gasteiger partial charge is 0.491 e. The Morgan fingerprint density at radius 2 is 2.00 bits per heavy atom. The van der Waals surface area contributed by atoms with Crippen molar-refractivity contribution < 1.29 is 23.3 Å². The molecule has 0 unspecified atom stereocenters. The fraction of sp³-hybridized carbons (Fsp3) is 0.0714. The van der Waals surface area contributed by atoms with Gasteiger partial charge in [-0.3, -0.25) is 0 Å². The van der Waals surface area contributed by atoms with Gasteiger partial charge in [-0.1, -0.05) is 6.07 Å². The average molecular weight is 304 g/mol. The Kier molecular flexibility index (Phi) is 3.78. The average Bonchev–Trinajstić information content (AvgIpc) is 2.84. The van der Waals surface area contributed by atoms with Gasteiger partial charge in [0.25, 0.3) is 0 Å². The number of hydrogen-bond acceptors (Lipinski definition) is 3. The van der Waals surface area contributed by atoms with Gasteiger partial charge >= 0.3 is 13.1 Å². The smallest absolute Gasteiger partial charge is 0.423 e. The lowest BCUT2D eigenvalue weighted by atomic mass is 9.79. The van der Waals surface area contributed by atoms with Gasteiger partial charge in [0.05, 0.1) is 12.3 Å². The standard InChI is InChI=1S/C14H11BF2N2O3/c16-9-2-4-12(17)13(5-9)19-14(20)18-10-3-1-8-7-22-15(21)11(8)6-10/h1-6,21H,7H2,(H2,18,19,20). The van der Waals surface area contributed by atoms with Crippen LogP contribution in [0.3, 0.4) is 0 Å². The van der Waals surface area contributed by atoms with Crippen LogP contribution in [0.5, 0.6) is 0 Å². The predicted octanol–water partition coefficient (Wildman–Crippen LogP) is 1.83. The zero-order valence-electron chi connectivity index (χ0n) is 11.3. The molecule has 0 atom stereocenters. The molecule has 112 valence electrons. The number of urea groups is 1. The first kappa shape index (κ1) is 14.5. The molecule has 2 aromatic rings. The summed E-state index contributed by atoms with van der Waals surface area (Å²) < 4.78 is 31.5. The molecule has 8 heteroatoms. The molecule has 0 saturated heterocycles. The van der Waals surface area contributed by atoms with E-state index < -0.39 is 24.8 Å². The van der Waals surface area contributed by atoms with E-state index >= 15 is 0 Å². The van der Waals surface area contributed by atoms with Crippen LogP contribution in [-0.4, -0.2) is 18.2 Å². The van der Waals surface area contributed by atoms with Gasteiger partial charge in [0.2, 0.25) is 0 Å². The Morgan fingerprint density at radius 1 is 1.18 bits per heavy atom. The Morgan fingerprint density at radius 3 is 2.82 bits per heavy atom. The van der Waals surface area contributed by atoms with Gasteiger partial charge in [0.1, 0.15) is 11.6 Å². The normalized spacial score (nSPS) is 13.0. The molecular formula is C14H11BF2N2O3. The van der Waals surface area contributed by atoms with Crippen molar-refractivity contribution in [1.82, 2.24) is 0 Å². The highest BCUT2D eigenvalue weighted by Gasteiger charge is 2.27. The number of fused-ring (bicyclic) bond motifs is 1. The van der Waals surface area contributed by atoms with Crippen LogP contribution in [0.15, 0.2) is 36.4 Å². The van der Waals surface area contributed by atoms with Gasteiger partial charge in [-0.15, -0.1) is 0 Å². The van der Waals surface area contributed by atoms with Crippen molar-refractivity contribution >= 4 is 30.0 Å². The first-order chi connectivity index (χ1) is 10.5. The molecule has 0 spiro atoms.